The number of nitrogens with one attached hydrogen (secondary N) is 1. The largest absolute Gasteiger partial charge is 0.366 e. The highest BCUT2D eigenvalue weighted by molar-refractivity contribution is 7.98. The maximum Gasteiger partial charge on any atom is 0.248 e. The lowest BCUT2D eigenvalue weighted by atomic mass is 9.97. The van der Waals surface area contributed by atoms with Crippen molar-refractivity contribution in [1.82, 2.24) is 19.7 Å². The summed E-state index contributed by atoms with van der Waals surface area (Å²) >= 11 is 1.32. The number of thioether (sulfide) groups is 1. The van der Waals surface area contributed by atoms with E-state index >= 15 is 0 Å². The molecule has 0 aliphatic carbocycles. The summed E-state index contributed by atoms with van der Waals surface area (Å²) in [6, 6.07) is 9.71. The molecule has 7 nitrogen and oxygen atoms in total. The van der Waals surface area contributed by atoms with Gasteiger partial charge in [0.2, 0.25) is 17.0 Å². The molecule has 1 aliphatic rings. The Labute approximate surface area is 164 Å². The summed E-state index contributed by atoms with van der Waals surface area (Å²) in [5.41, 5.74) is 8.00. The molecule has 1 atom stereocenters. The number of halogens is 1. The molecule has 142 valence electrons. The highest BCUT2D eigenvalue weighted by atomic mass is 32.2. The van der Waals surface area contributed by atoms with Gasteiger partial charge in [-0.25, -0.2) is 9.07 Å². The van der Waals surface area contributed by atoms with E-state index < -0.39 is 11.9 Å². The monoisotopic (exact) mass is 396 g/mol. The van der Waals surface area contributed by atoms with Gasteiger partial charge in [0, 0.05) is 23.8 Å². The Morgan fingerprint density at radius 3 is 2.86 bits per heavy atom. The number of pyridine rings is 1. The lowest BCUT2D eigenvalue weighted by molar-refractivity contribution is -0.115. The predicted octanol–water partition coefficient (Wildman–Crippen LogP) is 2.88. The molecule has 0 fully saturated rings. The fourth-order valence-electron chi connectivity index (χ4n) is 3.12. The molecule has 28 heavy (non-hydrogen) atoms. The highest BCUT2D eigenvalue weighted by Crippen LogP contribution is 2.35. The van der Waals surface area contributed by atoms with Crippen molar-refractivity contribution in [2.24, 2.45) is 5.73 Å². The Kier molecular flexibility index (Phi) is 4.82. The number of hydrogen-bond donors (Lipinski definition) is 2. The predicted molar refractivity (Wildman–Crippen MR) is 104 cm³/mol. The van der Waals surface area contributed by atoms with Crippen LogP contribution in [0.25, 0.3) is 0 Å². The molecule has 3 N–H and O–H groups in total. The summed E-state index contributed by atoms with van der Waals surface area (Å²) in [6.45, 7) is 1.77. The number of primary amides is 1. The zero-order valence-corrected chi connectivity index (χ0v) is 15.8. The first-order chi connectivity index (χ1) is 13.5. The van der Waals surface area contributed by atoms with Crippen molar-refractivity contribution >= 4 is 23.6 Å². The molecular formula is C19H17FN6OS. The van der Waals surface area contributed by atoms with Gasteiger partial charge in [0.15, 0.2) is 0 Å². The van der Waals surface area contributed by atoms with Crippen molar-refractivity contribution in [1.29, 1.82) is 0 Å². The van der Waals surface area contributed by atoms with Crippen LogP contribution in [0.5, 0.6) is 0 Å². The first kappa shape index (κ1) is 18.2. The SMILES string of the molecule is CC1=C(C(N)=O)[C@H](c2cccnc2)n2nc(SCc3ccccc3F)nc2N1. The second kappa shape index (κ2) is 7.43. The van der Waals surface area contributed by atoms with Crippen molar-refractivity contribution < 1.29 is 9.18 Å². The minimum Gasteiger partial charge on any atom is -0.366 e. The molecular weight excluding hydrogens is 379 g/mol. The number of rotatable bonds is 5. The van der Waals surface area contributed by atoms with Crippen LogP contribution in [0.15, 0.2) is 65.2 Å². The van der Waals surface area contributed by atoms with Crippen LogP contribution in [0.2, 0.25) is 0 Å². The molecule has 0 spiro atoms. The Balaban J connectivity index is 1.68. The minimum absolute atomic E-state index is 0.265. The minimum atomic E-state index is -0.541. The van der Waals surface area contributed by atoms with Gasteiger partial charge < -0.3 is 11.1 Å². The van der Waals surface area contributed by atoms with Crippen molar-refractivity contribution in [3.8, 4) is 0 Å². The van der Waals surface area contributed by atoms with Gasteiger partial charge in [-0.05, 0) is 30.2 Å². The van der Waals surface area contributed by atoms with E-state index in [1.807, 2.05) is 6.07 Å². The molecule has 3 heterocycles. The molecule has 1 aromatic carbocycles. The Morgan fingerprint density at radius 2 is 2.14 bits per heavy atom. The van der Waals surface area contributed by atoms with Gasteiger partial charge in [-0.2, -0.15) is 4.98 Å². The fraction of sp³-hybridized carbons (Fsp3) is 0.158. The number of anilines is 1. The number of nitrogens with zero attached hydrogens (tertiary/aromatic N) is 4. The van der Waals surface area contributed by atoms with Crippen molar-refractivity contribution in [2.45, 2.75) is 23.9 Å². The molecule has 1 amide bonds. The van der Waals surface area contributed by atoms with E-state index in [0.717, 1.165) is 5.56 Å². The molecule has 0 radical (unpaired) electrons. The number of amides is 1. The van der Waals surface area contributed by atoms with Crippen LogP contribution < -0.4 is 11.1 Å². The topological polar surface area (TPSA) is 98.7 Å². The van der Waals surface area contributed by atoms with E-state index in [1.165, 1.54) is 17.8 Å². The first-order valence-electron chi connectivity index (χ1n) is 8.55. The summed E-state index contributed by atoms with van der Waals surface area (Å²) in [7, 11) is 0. The third-order valence-corrected chi connectivity index (χ3v) is 5.30. The van der Waals surface area contributed by atoms with Crippen LogP contribution in [-0.2, 0) is 10.5 Å². The lowest BCUT2D eigenvalue weighted by Gasteiger charge is -2.27. The Hall–Kier alpha value is -3.20. The lowest BCUT2D eigenvalue weighted by Crippen LogP contribution is -2.31. The van der Waals surface area contributed by atoms with E-state index in [1.54, 1.807) is 48.3 Å². The number of carbonyl (C=O) groups excluding carboxylic acids is 1. The van der Waals surface area contributed by atoms with E-state index in [2.05, 4.69) is 20.4 Å². The van der Waals surface area contributed by atoms with E-state index in [-0.39, 0.29) is 5.82 Å². The maximum absolute atomic E-state index is 13.9. The van der Waals surface area contributed by atoms with Crippen LogP contribution in [0.4, 0.5) is 10.3 Å². The average molecular weight is 396 g/mol. The van der Waals surface area contributed by atoms with Crippen LogP contribution in [0, 0.1) is 5.82 Å². The summed E-state index contributed by atoms with van der Waals surface area (Å²) in [5, 5.41) is 8.09. The van der Waals surface area contributed by atoms with Crippen LogP contribution in [0.3, 0.4) is 0 Å². The normalized spacial score (nSPS) is 15.9. The van der Waals surface area contributed by atoms with Crippen LogP contribution >= 0.6 is 11.8 Å². The standard InChI is InChI=1S/C19H17FN6OS/c1-11-15(17(21)27)16(12-6-4-8-22-9-12)26-18(23-11)24-19(25-26)28-10-13-5-2-3-7-14(13)20/h2-9,16H,10H2,1H3,(H2,21,27)(H,23,24,25)/t16-/m0/s1. The van der Waals surface area contributed by atoms with E-state index in [0.29, 0.717) is 33.7 Å². The summed E-state index contributed by atoms with van der Waals surface area (Å²) in [5.74, 6) is 0.0785. The van der Waals surface area contributed by atoms with Crippen LogP contribution in [-0.4, -0.2) is 25.7 Å². The van der Waals surface area contributed by atoms with Gasteiger partial charge in [0.25, 0.3) is 0 Å². The molecule has 0 saturated carbocycles. The highest BCUT2D eigenvalue weighted by Gasteiger charge is 2.33. The number of hydrogen-bond acceptors (Lipinski definition) is 6. The number of allylic oxidation sites excluding steroid dienone is 1. The van der Waals surface area contributed by atoms with E-state index in [4.69, 9.17) is 5.73 Å². The number of aromatic nitrogens is 4. The van der Waals surface area contributed by atoms with Crippen molar-refractivity contribution in [2.75, 3.05) is 5.32 Å². The number of nitrogens with two attached hydrogens (primary N) is 1. The smallest absolute Gasteiger partial charge is 0.248 e. The van der Waals surface area contributed by atoms with Crippen LogP contribution in [0.1, 0.15) is 24.1 Å². The van der Waals surface area contributed by atoms with Gasteiger partial charge in [-0.15, -0.1) is 5.10 Å². The van der Waals surface area contributed by atoms with Gasteiger partial charge in [0.05, 0.1) is 5.57 Å². The zero-order valence-electron chi connectivity index (χ0n) is 15.0. The quantitative estimate of drug-likeness (QED) is 0.644. The van der Waals surface area contributed by atoms with Gasteiger partial charge in [-0.3, -0.25) is 9.78 Å². The molecule has 9 heteroatoms. The molecule has 3 aromatic rings. The second-order valence-corrected chi connectivity index (χ2v) is 7.20. The second-order valence-electron chi connectivity index (χ2n) is 6.26. The number of benzene rings is 1. The van der Waals surface area contributed by atoms with Gasteiger partial charge in [0.1, 0.15) is 11.9 Å². The molecule has 4 rings (SSSR count). The average Bonchev–Trinajstić information content (AvgIpc) is 3.09. The number of fused-ring (bicyclic) bond motifs is 1. The summed E-state index contributed by atoms with van der Waals surface area (Å²) < 4.78 is 15.5. The molecule has 0 unspecified atom stereocenters. The Bertz CT molecular complexity index is 1070. The summed E-state index contributed by atoms with van der Waals surface area (Å²) in [6.07, 6.45) is 3.33. The number of carbonyl (C=O) groups is 1. The third kappa shape index (κ3) is 3.36. The van der Waals surface area contributed by atoms with Gasteiger partial charge in [-0.1, -0.05) is 36.0 Å². The fourth-order valence-corrected chi connectivity index (χ4v) is 3.93. The molecule has 0 saturated heterocycles. The van der Waals surface area contributed by atoms with Crippen molar-refractivity contribution in [3.05, 3.63) is 77.0 Å². The molecule has 2 aromatic heterocycles. The first-order valence-corrected chi connectivity index (χ1v) is 9.53. The molecule has 1 aliphatic heterocycles. The van der Waals surface area contributed by atoms with Gasteiger partial charge >= 0.3 is 0 Å². The Morgan fingerprint density at radius 1 is 1.32 bits per heavy atom. The maximum atomic E-state index is 13.9. The summed E-state index contributed by atoms with van der Waals surface area (Å²) in [4.78, 5) is 20.7. The molecule has 0 bridgehead atoms. The zero-order chi connectivity index (χ0) is 19.7. The van der Waals surface area contributed by atoms with Crippen molar-refractivity contribution in [3.63, 3.8) is 0 Å². The van der Waals surface area contributed by atoms with E-state index in [9.17, 15) is 9.18 Å². The third-order valence-electron chi connectivity index (χ3n) is 4.41.